The van der Waals surface area contributed by atoms with Crippen molar-refractivity contribution in [2.24, 2.45) is 11.8 Å². The molecule has 14 heteroatoms. The molecule has 0 saturated heterocycles. The second kappa shape index (κ2) is 19.9. The molecule has 0 fully saturated rings. The third kappa shape index (κ3) is 12.6. The van der Waals surface area contributed by atoms with Gasteiger partial charge in [0.25, 0.3) is 0 Å². The molecule has 0 aliphatic heterocycles. The van der Waals surface area contributed by atoms with E-state index in [0.717, 1.165) is 16.8 Å². The summed E-state index contributed by atoms with van der Waals surface area (Å²) in [5.41, 5.74) is 9.68. The Morgan fingerprint density at radius 1 is 0.904 bits per heavy atom. The molecule has 0 amide bonds. The Balaban J connectivity index is 1.60. The first-order valence-corrected chi connectivity index (χ1v) is 19.4. The van der Waals surface area contributed by atoms with Gasteiger partial charge >= 0.3 is 11.9 Å². The average Bonchev–Trinajstić information content (AvgIpc) is 3.53. The molecule has 52 heavy (non-hydrogen) atoms. The first kappa shape index (κ1) is 40.2. The van der Waals surface area contributed by atoms with E-state index in [4.69, 9.17) is 19.9 Å². The van der Waals surface area contributed by atoms with Crippen LogP contribution in [0.2, 0.25) is 0 Å². The summed E-state index contributed by atoms with van der Waals surface area (Å²) in [6.45, 7) is 12.8. The van der Waals surface area contributed by atoms with Gasteiger partial charge in [-0.3, -0.25) is 14.2 Å². The van der Waals surface area contributed by atoms with E-state index in [2.05, 4.69) is 32.0 Å². The summed E-state index contributed by atoms with van der Waals surface area (Å²) in [6, 6.07) is 18.5. The van der Waals surface area contributed by atoms with Gasteiger partial charge in [0.05, 0.1) is 31.8 Å². The van der Waals surface area contributed by atoms with E-state index in [1.807, 2.05) is 88.4 Å². The van der Waals surface area contributed by atoms with Crippen LogP contribution in [0.15, 0.2) is 85.7 Å². The monoisotopic (exact) mass is 733 g/mol. The van der Waals surface area contributed by atoms with Gasteiger partial charge in [0.2, 0.25) is 7.44 Å². The maximum atomic E-state index is 15.0. The number of pyridine rings is 1. The lowest BCUT2D eigenvalue weighted by Crippen LogP contribution is -2.46. The van der Waals surface area contributed by atoms with E-state index in [-0.39, 0.29) is 50.8 Å². The number of ether oxygens (including phenoxy) is 3. The second-order valence-electron chi connectivity index (χ2n) is 13.4. The van der Waals surface area contributed by atoms with Crippen LogP contribution in [0.4, 0.5) is 11.5 Å². The Morgan fingerprint density at radius 2 is 1.44 bits per heavy atom. The van der Waals surface area contributed by atoms with Crippen molar-refractivity contribution < 1.29 is 28.4 Å². The fourth-order valence-corrected chi connectivity index (χ4v) is 7.28. The highest BCUT2D eigenvalue weighted by Crippen LogP contribution is 2.39. The minimum Gasteiger partial charge on any atom is -0.464 e. The molecule has 4 rings (SSSR count). The summed E-state index contributed by atoms with van der Waals surface area (Å²) in [5.74, 6) is -0.605. The molecule has 2 unspecified atom stereocenters. The van der Waals surface area contributed by atoms with E-state index in [0.29, 0.717) is 30.1 Å². The zero-order chi connectivity index (χ0) is 37.5. The number of nitrogens with one attached hydrogen (secondary N) is 3. The number of nitrogen functional groups attached to an aromatic ring is 1. The van der Waals surface area contributed by atoms with Crippen LogP contribution >= 0.6 is 7.44 Å². The molecule has 0 bridgehead atoms. The molecule has 280 valence electrons. The summed E-state index contributed by atoms with van der Waals surface area (Å²) in [5, 5.41) is 9.36. The Kier molecular flexibility index (Phi) is 15.4. The van der Waals surface area contributed by atoms with Crippen LogP contribution in [-0.2, 0) is 47.8 Å². The highest BCUT2D eigenvalue weighted by Gasteiger charge is 2.36. The molecule has 0 saturated carbocycles. The van der Waals surface area contributed by atoms with Crippen molar-refractivity contribution in [3.05, 3.63) is 96.8 Å². The summed E-state index contributed by atoms with van der Waals surface area (Å²) in [4.78, 5) is 36.1. The fourth-order valence-electron chi connectivity index (χ4n) is 5.27. The van der Waals surface area contributed by atoms with Crippen molar-refractivity contribution in [1.82, 2.24) is 24.7 Å². The lowest BCUT2D eigenvalue weighted by atomic mass is 10.1. The summed E-state index contributed by atoms with van der Waals surface area (Å²) < 4.78 is 34.2. The van der Waals surface area contributed by atoms with Crippen LogP contribution in [0.5, 0.6) is 0 Å². The second-order valence-corrected chi connectivity index (χ2v) is 15.7. The number of carbonyl (C=O) groups excluding carboxylic acids is 2. The number of benzene rings is 2. The third-order valence-electron chi connectivity index (χ3n) is 7.76. The SMILES string of the molecule is C=CCNc1cc(N)nc2c1ncn2CCOCP(=O)(NC(Cc1ccccc1)C(=O)OCC(C)C)NC(Cc1ccccc1)C(=O)OCC(C)C. The van der Waals surface area contributed by atoms with E-state index in [1.54, 1.807) is 23.0 Å². The lowest BCUT2D eigenvalue weighted by Gasteiger charge is -2.29. The number of fused-ring (bicyclic) bond motifs is 1. The quantitative estimate of drug-likeness (QED) is 0.0343. The Bertz CT molecular complexity index is 1710. The van der Waals surface area contributed by atoms with Crippen LogP contribution < -0.4 is 21.2 Å². The lowest BCUT2D eigenvalue weighted by molar-refractivity contribution is -0.147. The Hall–Kier alpha value is -4.55. The van der Waals surface area contributed by atoms with E-state index >= 15 is 4.57 Å². The minimum absolute atomic E-state index is 0.0958. The molecule has 2 aromatic heterocycles. The third-order valence-corrected chi connectivity index (χ3v) is 9.76. The molecule has 13 nitrogen and oxygen atoms in total. The van der Waals surface area contributed by atoms with Crippen molar-refractivity contribution in [3.8, 4) is 0 Å². The van der Waals surface area contributed by atoms with Crippen molar-refractivity contribution >= 4 is 42.1 Å². The van der Waals surface area contributed by atoms with Crippen molar-refractivity contribution in [2.45, 2.75) is 59.2 Å². The van der Waals surface area contributed by atoms with Gasteiger partial charge in [-0.2, -0.15) is 0 Å². The van der Waals surface area contributed by atoms with Gasteiger partial charge in [-0.05, 0) is 35.8 Å². The van der Waals surface area contributed by atoms with Crippen LogP contribution in [0.3, 0.4) is 0 Å². The molecule has 0 aliphatic rings. The van der Waals surface area contributed by atoms with Crippen LogP contribution in [-0.4, -0.2) is 71.3 Å². The molecule has 0 radical (unpaired) electrons. The van der Waals surface area contributed by atoms with E-state index in [9.17, 15) is 9.59 Å². The molecule has 2 aromatic carbocycles. The number of carbonyl (C=O) groups is 2. The number of hydrogen-bond acceptors (Lipinski definition) is 10. The normalized spacial score (nSPS) is 13.8. The first-order valence-electron chi connectivity index (χ1n) is 17.6. The highest BCUT2D eigenvalue weighted by atomic mass is 31.2. The zero-order valence-corrected chi connectivity index (χ0v) is 31.4. The van der Waals surface area contributed by atoms with Gasteiger partial charge in [0.15, 0.2) is 5.65 Å². The predicted molar refractivity (Wildman–Crippen MR) is 205 cm³/mol. The number of rotatable bonds is 22. The maximum Gasteiger partial charge on any atom is 0.323 e. The van der Waals surface area contributed by atoms with Gasteiger partial charge < -0.3 is 29.8 Å². The van der Waals surface area contributed by atoms with Crippen molar-refractivity contribution in [2.75, 3.05) is 43.8 Å². The number of imidazole rings is 1. The van der Waals surface area contributed by atoms with E-state index < -0.39 is 31.5 Å². The topological polar surface area (TPSA) is 172 Å². The molecule has 0 spiro atoms. The molecule has 4 aromatic rings. The smallest absolute Gasteiger partial charge is 0.323 e. The van der Waals surface area contributed by atoms with Gasteiger partial charge in [-0.25, -0.2) is 20.1 Å². The molecule has 2 heterocycles. The summed E-state index contributed by atoms with van der Waals surface area (Å²) in [7, 11) is -3.89. The van der Waals surface area contributed by atoms with Crippen molar-refractivity contribution in [1.29, 1.82) is 0 Å². The summed E-state index contributed by atoms with van der Waals surface area (Å²) in [6.07, 6.45) is 3.40. The first-order chi connectivity index (χ1) is 25.0. The standard InChI is InChI=1S/C38H52N7O6P/c1-6-17-40-31-22-34(39)42-36-35(31)41-25-45(36)18-19-49-26-52(48,43-32(37(46)50-23-27(2)3)20-29-13-9-7-10-14-29)44-33(38(47)51-24-28(4)5)21-30-15-11-8-12-16-30/h6-16,22,25,27-28,32-33H,1,17-21,23-24,26H2,2-5H3,(H3,39,40,42)(H2,43,44,48). The number of esters is 2. The van der Waals surface area contributed by atoms with Gasteiger partial charge in [0, 0.05) is 19.2 Å². The van der Waals surface area contributed by atoms with Gasteiger partial charge in [-0.15, -0.1) is 6.58 Å². The average molecular weight is 734 g/mol. The van der Waals surface area contributed by atoms with Gasteiger partial charge in [0.1, 0.15) is 29.8 Å². The molecule has 5 N–H and O–H groups in total. The zero-order valence-electron chi connectivity index (χ0n) is 30.5. The Labute approximate surface area is 306 Å². The summed E-state index contributed by atoms with van der Waals surface area (Å²) >= 11 is 0. The number of anilines is 2. The van der Waals surface area contributed by atoms with Crippen molar-refractivity contribution in [3.63, 3.8) is 0 Å². The number of nitrogens with two attached hydrogens (primary N) is 1. The Morgan fingerprint density at radius 3 is 1.94 bits per heavy atom. The predicted octanol–water partition coefficient (Wildman–Crippen LogP) is 5.58. The van der Waals surface area contributed by atoms with Crippen LogP contribution in [0.1, 0.15) is 38.8 Å². The number of hydrogen-bond donors (Lipinski definition) is 4. The van der Waals surface area contributed by atoms with Crippen LogP contribution in [0, 0.1) is 11.8 Å². The fraction of sp³-hybridized carbons (Fsp3) is 0.421. The maximum absolute atomic E-state index is 15.0. The number of aromatic nitrogens is 3. The van der Waals surface area contributed by atoms with Crippen LogP contribution in [0.25, 0.3) is 11.2 Å². The minimum atomic E-state index is -3.89. The molecule has 0 aliphatic carbocycles. The largest absolute Gasteiger partial charge is 0.464 e. The highest BCUT2D eigenvalue weighted by molar-refractivity contribution is 7.59. The van der Waals surface area contributed by atoms with Gasteiger partial charge in [-0.1, -0.05) is 94.4 Å². The molecular formula is C38H52N7O6P. The molecule has 2 atom stereocenters. The van der Waals surface area contributed by atoms with E-state index in [1.165, 1.54) is 0 Å². The molecular weight excluding hydrogens is 681 g/mol. The number of nitrogens with zero attached hydrogens (tertiary/aromatic N) is 3.